The first-order chi connectivity index (χ1) is 9.63. The molecule has 0 aliphatic carbocycles. The molecule has 2 nitrogen and oxygen atoms in total. The van der Waals surface area contributed by atoms with Gasteiger partial charge in [-0.2, -0.15) is 5.26 Å². The zero-order valence-corrected chi connectivity index (χ0v) is 12.1. The highest BCUT2D eigenvalue weighted by Crippen LogP contribution is 2.27. The minimum Gasteiger partial charge on any atom is -0.495 e. The maximum absolute atomic E-state index is 9.30. The Morgan fingerprint density at radius 3 is 2.45 bits per heavy atom. The molecule has 2 rings (SSSR count). The van der Waals surface area contributed by atoms with Gasteiger partial charge in [0.15, 0.2) is 0 Å². The summed E-state index contributed by atoms with van der Waals surface area (Å²) in [5, 5.41) is 9.83. The van der Waals surface area contributed by atoms with Crippen molar-refractivity contribution in [3.8, 4) is 11.8 Å². The Bertz CT molecular complexity index is 681. The lowest BCUT2D eigenvalue weighted by atomic mass is 10.0. The lowest BCUT2D eigenvalue weighted by Crippen LogP contribution is -1.86. The van der Waals surface area contributed by atoms with Gasteiger partial charge < -0.3 is 4.74 Å². The topological polar surface area (TPSA) is 33.0 Å². The lowest BCUT2D eigenvalue weighted by molar-refractivity contribution is 0.415. The molecule has 2 aromatic rings. The monoisotopic (exact) mass is 283 g/mol. The third-order valence-corrected chi connectivity index (χ3v) is 3.27. The molecule has 20 heavy (non-hydrogen) atoms. The van der Waals surface area contributed by atoms with Crippen molar-refractivity contribution in [1.82, 2.24) is 0 Å². The number of rotatable bonds is 3. The van der Waals surface area contributed by atoms with Gasteiger partial charge in [-0.15, -0.1) is 0 Å². The van der Waals surface area contributed by atoms with Crippen LogP contribution in [0.2, 0.25) is 5.02 Å². The van der Waals surface area contributed by atoms with Crippen molar-refractivity contribution >= 4 is 23.3 Å². The van der Waals surface area contributed by atoms with Gasteiger partial charge in [-0.3, -0.25) is 0 Å². The summed E-state index contributed by atoms with van der Waals surface area (Å²) in [7, 11) is 1.57. The number of halogens is 1. The van der Waals surface area contributed by atoms with Crippen LogP contribution in [0.1, 0.15) is 16.7 Å². The van der Waals surface area contributed by atoms with Gasteiger partial charge in [0.1, 0.15) is 5.75 Å². The first-order valence-electron chi connectivity index (χ1n) is 6.16. The van der Waals surface area contributed by atoms with Crippen LogP contribution >= 0.6 is 11.6 Å². The predicted molar refractivity (Wildman–Crippen MR) is 82.7 cm³/mol. The highest BCUT2D eigenvalue weighted by Gasteiger charge is 2.04. The molecule has 3 heteroatoms. The Labute approximate surface area is 123 Å². The summed E-state index contributed by atoms with van der Waals surface area (Å²) in [5.74, 6) is 0.623. The smallest absolute Gasteiger partial charge is 0.137 e. The first kappa shape index (κ1) is 14.2. The van der Waals surface area contributed by atoms with Crippen LogP contribution in [0, 0.1) is 18.3 Å². The Balaban J connectivity index is 2.39. The van der Waals surface area contributed by atoms with Crippen LogP contribution in [0.15, 0.2) is 42.5 Å². The summed E-state index contributed by atoms with van der Waals surface area (Å²) in [6, 6.07) is 15.5. The largest absolute Gasteiger partial charge is 0.495 e. The van der Waals surface area contributed by atoms with Crippen molar-refractivity contribution in [2.75, 3.05) is 7.11 Å². The third-order valence-electron chi connectivity index (χ3n) is 2.97. The van der Waals surface area contributed by atoms with Crippen molar-refractivity contribution in [3.63, 3.8) is 0 Å². The molecule has 0 atom stereocenters. The van der Waals surface area contributed by atoms with Crippen molar-refractivity contribution in [2.45, 2.75) is 6.92 Å². The Kier molecular flexibility index (Phi) is 4.45. The van der Waals surface area contributed by atoms with Crippen LogP contribution in [-0.2, 0) is 0 Å². The van der Waals surface area contributed by atoms with E-state index in [2.05, 4.69) is 6.07 Å². The van der Waals surface area contributed by atoms with Gasteiger partial charge in [0.2, 0.25) is 0 Å². The van der Waals surface area contributed by atoms with Gasteiger partial charge in [-0.25, -0.2) is 0 Å². The summed E-state index contributed by atoms with van der Waals surface area (Å²) in [6.07, 6.45) is 1.82. The summed E-state index contributed by atoms with van der Waals surface area (Å²) in [5.41, 5.74) is 3.53. The number of ether oxygens (including phenoxy) is 1. The van der Waals surface area contributed by atoms with E-state index in [9.17, 15) is 5.26 Å². The molecule has 0 radical (unpaired) electrons. The van der Waals surface area contributed by atoms with Crippen molar-refractivity contribution in [3.05, 3.63) is 64.2 Å². The molecular weight excluding hydrogens is 270 g/mol. The van der Waals surface area contributed by atoms with Gasteiger partial charge in [0.25, 0.3) is 0 Å². The first-order valence-corrected chi connectivity index (χ1v) is 6.54. The van der Waals surface area contributed by atoms with E-state index in [1.54, 1.807) is 19.2 Å². The van der Waals surface area contributed by atoms with E-state index in [0.717, 1.165) is 11.1 Å². The highest BCUT2D eigenvalue weighted by atomic mass is 35.5. The molecule has 0 spiro atoms. The zero-order valence-electron chi connectivity index (χ0n) is 11.4. The quantitative estimate of drug-likeness (QED) is 0.603. The van der Waals surface area contributed by atoms with Crippen LogP contribution in [0.25, 0.3) is 11.6 Å². The van der Waals surface area contributed by atoms with Gasteiger partial charge in [-0.05, 0) is 36.3 Å². The second-order valence-electron chi connectivity index (χ2n) is 4.43. The van der Waals surface area contributed by atoms with Crippen LogP contribution in [0.4, 0.5) is 0 Å². The average molecular weight is 284 g/mol. The minimum absolute atomic E-state index is 0.530. The Morgan fingerprint density at radius 1 is 1.20 bits per heavy atom. The molecule has 0 heterocycles. The molecule has 0 bridgehead atoms. The van der Waals surface area contributed by atoms with E-state index in [1.807, 2.05) is 43.3 Å². The van der Waals surface area contributed by atoms with E-state index in [0.29, 0.717) is 16.3 Å². The number of nitriles is 1. The van der Waals surface area contributed by atoms with Crippen LogP contribution < -0.4 is 4.74 Å². The van der Waals surface area contributed by atoms with Crippen LogP contribution in [-0.4, -0.2) is 7.11 Å². The minimum atomic E-state index is 0.530. The van der Waals surface area contributed by atoms with Gasteiger partial charge in [0, 0.05) is 0 Å². The molecule has 0 unspecified atom stereocenters. The molecule has 0 N–H and O–H groups in total. The molecule has 0 amide bonds. The maximum atomic E-state index is 9.30. The number of allylic oxidation sites excluding steroid dienone is 1. The molecule has 0 aliphatic heterocycles. The number of nitrogens with zero attached hydrogens (tertiary/aromatic N) is 1. The van der Waals surface area contributed by atoms with E-state index in [1.165, 1.54) is 5.56 Å². The highest BCUT2D eigenvalue weighted by molar-refractivity contribution is 6.32. The second-order valence-corrected chi connectivity index (χ2v) is 4.84. The standard InChI is InChI=1S/C17H14ClNO/c1-12-3-6-14(7-4-12)15(11-19)9-13-5-8-17(20-2)16(18)10-13/h3-10H,1-2H3/b15-9-. The van der Waals surface area contributed by atoms with Crippen molar-refractivity contribution < 1.29 is 4.74 Å². The lowest BCUT2D eigenvalue weighted by Gasteiger charge is -2.04. The van der Waals surface area contributed by atoms with Gasteiger partial charge >= 0.3 is 0 Å². The number of aryl methyl sites for hydroxylation is 1. The van der Waals surface area contributed by atoms with E-state index in [4.69, 9.17) is 16.3 Å². The molecule has 0 saturated carbocycles. The summed E-state index contributed by atoms with van der Waals surface area (Å²) in [6.45, 7) is 2.02. The van der Waals surface area contributed by atoms with Crippen LogP contribution in [0.5, 0.6) is 5.75 Å². The molecule has 100 valence electrons. The normalized spacial score (nSPS) is 11.0. The molecule has 2 aromatic carbocycles. The number of methoxy groups -OCH3 is 1. The van der Waals surface area contributed by atoms with E-state index in [-0.39, 0.29) is 0 Å². The number of benzene rings is 2. The predicted octanol–water partition coefficient (Wildman–Crippen LogP) is 4.72. The van der Waals surface area contributed by atoms with Crippen LogP contribution in [0.3, 0.4) is 0 Å². The van der Waals surface area contributed by atoms with E-state index < -0.39 is 0 Å². The molecule has 0 fully saturated rings. The third kappa shape index (κ3) is 3.20. The second kappa shape index (κ2) is 6.27. The number of hydrogen-bond acceptors (Lipinski definition) is 2. The molecule has 0 saturated heterocycles. The van der Waals surface area contributed by atoms with Gasteiger partial charge in [0.05, 0.1) is 23.8 Å². The fraction of sp³-hybridized carbons (Fsp3) is 0.118. The average Bonchev–Trinajstić information content (AvgIpc) is 2.46. The SMILES string of the molecule is COc1ccc(/C=C(/C#N)c2ccc(C)cc2)cc1Cl. The van der Waals surface area contributed by atoms with Gasteiger partial charge in [-0.1, -0.05) is 47.5 Å². The maximum Gasteiger partial charge on any atom is 0.137 e. The van der Waals surface area contributed by atoms with Crippen molar-refractivity contribution in [1.29, 1.82) is 5.26 Å². The molecule has 0 aromatic heterocycles. The fourth-order valence-corrected chi connectivity index (χ4v) is 2.12. The molecular formula is C17H14ClNO. The molecule has 0 aliphatic rings. The Morgan fingerprint density at radius 2 is 1.90 bits per heavy atom. The zero-order chi connectivity index (χ0) is 14.5. The van der Waals surface area contributed by atoms with Crippen molar-refractivity contribution in [2.24, 2.45) is 0 Å². The summed E-state index contributed by atoms with van der Waals surface area (Å²) >= 11 is 6.09. The number of hydrogen-bond donors (Lipinski definition) is 0. The summed E-state index contributed by atoms with van der Waals surface area (Å²) < 4.78 is 5.11. The van der Waals surface area contributed by atoms with E-state index >= 15 is 0 Å². The fourth-order valence-electron chi connectivity index (χ4n) is 1.85. The Hall–Kier alpha value is -2.24. The summed E-state index contributed by atoms with van der Waals surface area (Å²) in [4.78, 5) is 0.